The maximum absolute atomic E-state index is 14.6. The van der Waals surface area contributed by atoms with Crippen LogP contribution in [-0.2, 0) is 14.3 Å². The quantitative estimate of drug-likeness (QED) is 0.432. The standard InChI is InChI=1S/C26H15F2NO5/c27-14-11-9-13(10-12-14)21-19-20(25(33)29(24(19)32)18-8-4-3-7-17(18)28)26(34-21)22(30)15-5-1-2-6-16(15)23(26)31/h1-12,19-21H/t19-,20-,21-/m1/s1. The number of halogens is 2. The van der Waals surface area contributed by atoms with Crippen molar-refractivity contribution in [1.82, 2.24) is 0 Å². The van der Waals surface area contributed by atoms with Gasteiger partial charge in [0.2, 0.25) is 29.0 Å². The highest BCUT2D eigenvalue weighted by atomic mass is 19.1. The van der Waals surface area contributed by atoms with E-state index in [-0.39, 0.29) is 16.8 Å². The summed E-state index contributed by atoms with van der Waals surface area (Å²) in [5.41, 5.74) is -2.02. The van der Waals surface area contributed by atoms with Crippen molar-refractivity contribution in [1.29, 1.82) is 0 Å². The van der Waals surface area contributed by atoms with E-state index in [1.807, 2.05) is 0 Å². The van der Waals surface area contributed by atoms with E-state index in [0.717, 1.165) is 18.2 Å². The van der Waals surface area contributed by atoms with Gasteiger partial charge in [-0.25, -0.2) is 13.7 Å². The molecule has 1 aliphatic carbocycles. The number of ketones is 2. The smallest absolute Gasteiger partial charge is 0.241 e. The van der Waals surface area contributed by atoms with Crippen LogP contribution in [0.15, 0.2) is 72.8 Å². The minimum absolute atomic E-state index is 0.0931. The van der Waals surface area contributed by atoms with Crippen molar-refractivity contribution in [2.24, 2.45) is 11.8 Å². The number of ether oxygens (including phenoxy) is 1. The number of Topliss-reactive ketones (excluding diaryl/α,β-unsaturated/α-hetero) is 2. The molecule has 1 spiro atoms. The number of carbonyl (C=O) groups is 4. The lowest BCUT2D eigenvalue weighted by molar-refractivity contribution is -0.127. The lowest BCUT2D eigenvalue weighted by Gasteiger charge is -2.27. The maximum Gasteiger partial charge on any atom is 0.241 e. The van der Waals surface area contributed by atoms with Crippen LogP contribution in [0.3, 0.4) is 0 Å². The third kappa shape index (κ3) is 2.46. The zero-order chi connectivity index (χ0) is 23.8. The van der Waals surface area contributed by atoms with Gasteiger partial charge in [0.1, 0.15) is 11.6 Å². The predicted octanol–water partition coefficient (Wildman–Crippen LogP) is 3.66. The molecule has 2 fully saturated rings. The van der Waals surface area contributed by atoms with Crippen LogP contribution in [0.1, 0.15) is 32.4 Å². The van der Waals surface area contributed by atoms with Gasteiger partial charge in [0.05, 0.1) is 23.6 Å². The van der Waals surface area contributed by atoms with Crippen LogP contribution in [0.4, 0.5) is 14.5 Å². The van der Waals surface area contributed by atoms with E-state index in [1.165, 1.54) is 42.5 Å². The monoisotopic (exact) mass is 459 g/mol. The van der Waals surface area contributed by atoms with Gasteiger partial charge in [-0.05, 0) is 29.8 Å². The van der Waals surface area contributed by atoms with E-state index in [9.17, 15) is 28.0 Å². The summed E-state index contributed by atoms with van der Waals surface area (Å²) in [4.78, 5) is 55.2. The highest BCUT2D eigenvalue weighted by Gasteiger charge is 2.74. The molecule has 0 aromatic heterocycles. The molecule has 2 aliphatic heterocycles. The van der Waals surface area contributed by atoms with Gasteiger partial charge in [0, 0.05) is 11.1 Å². The van der Waals surface area contributed by atoms with E-state index in [0.29, 0.717) is 10.5 Å². The number of amides is 2. The minimum atomic E-state index is -2.26. The number of carbonyl (C=O) groups excluding carboxylic acids is 4. The number of rotatable bonds is 2. The Balaban J connectivity index is 1.56. The van der Waals surface area contributed by atoms with Crippen molar-refractivity contribution < 1.29 is 32.7 Å². The molecular formula is C26H15F2NO5. The average Bonchev–Trinajstić information content (AvgIpc) is 3.40. The highest BCUT2D eigenvalue weighted by molar-refractivity contribution is 6.37. The second kappa shape index (κ2) is 6.98. The van der Waals surface area contributed by atoms with Crippen LogP contribution in [0.5, 0.6) is 0 Å². The first-order chi connectivity index (χ1) is 16.4. The molecule has 6 nitrogen and oxygen atoms in total. The van der Waals surface area contributed by atoms with Crippen molar-refractivity contribution in [2.45, 2.75) is 11.7 Å². The van der Waals surface area contributed by atoms with Crippen molar-refractivity contribution >= 4 is 29.1 Å². The summed E-state index contributed by atoms with van der Waals surface area (Å²) in [5.74, 6) is -7.22. The van der Waals surface area contributed by atoms with Gasteiger partial charge in [-0.1, -0.05) is 48.5 Å². The molecular weight excluding hydrogens is 444 g/mol. The molecule has 2 heterocycles. The normalized spacial score (nSPS) is 24.8. The number of benzene rings is 3. The number of hydrogen-bond acceptors (Lipinski definition) is 5. The van der Waals surface area contributed by atoms with Crippen LogP contribution in [0.25, 0.3) is 0 Å². The maximum atomic E-state index is 14.6. The first-order valence-electron chi connectivity index (χ1n) is 10.6. The summed E-state index contributed by atoms with van der Waals surface area (Å²) >= 11 is 0. The number of nitrogens with zero attached hydrogens (tertiary/aromatic N) is 1. The molecule has 0 saturated carbocycles. The Morgan fingerprint density at radius 1 is 0.735 bits per heavy atom. The van der Waals surface area contributed by atoms with Gasteiger partial charge < -0.3 is 4.74 Å². The Hall–Kier alpha value is -4.04. The Morgan fingerprint density at radius 2 is 1.32 bits per heavy atom. The Labute approximate surface area is 191 Å². The van der Waals surface area contributed by atoms with Gasteiger partial charge in [0.25, 0.3) is 0 Å². The molecule has 6 rings (SSSR count). The average molecular weight is 459 g/mol. The fraction of sp³-hybridized carbons (Fsp3) is 0.154. The third-order valence-corrected chi connectivity index (χ3v) is 6.81. The molecule has 168 valence electrons. The fourth-order valence-corrected chi connectivity index (χ4v) is 5.34. The molecule has 0 radical (unpaired) electrons. The van der Waals surface area contributed by atoms with Crippen molar-refractivity contribution in [3.63, 3.8) is 0 Å². The summed E-state index contributed by atoms with van der Waals surface area (Å²) in [6.45, 7) is 0. The van der Waals surface area contributed by atoms with Crippen LogP contribution < -0.4 is 4.90 Å². The van der Waals surface area contributed by atoms with Crippen molar-refractivity contribution in [2.75, 3.05) is 4.90 Å². The Kier molecular flexibility index (Phi) is 4.22. The molecule has 3 aromatic rings. The molecule has 3 aliphatic rings. The molecule has 0 N–H and O–H groups in total. The molecule has 2 saturated heterocycles. The largest absolute Gasteiger partial charge is 0.349 e. The Morgan fingerprint density at radius 3 is 1.94 bits per heavy atom. The molecule has 0 unspecified atom stereocenters. The molecule has 2 amide bonds. The number of hydrogen-bond donors (Lipinski definition) is 0. The highest BCUT2D eigenvalue weighted by Crippen LogP contribution is 2.57. The zero-order valence-electron chi connectivity index (χ0n) is 17.4. The van der Waals surface area contributed by atoms with E-state index in [2.05, 4.69) is 0 Å². The summed E-state index contributed by atoms with van der Waals surface area (Å²) < 4.78 is 34.3. The Bertz CT molecular complexity index is 1380. The lowest BCUT2D eigenvalue weighted by Crippen LogP contribution is -2.51. The van der Waals surface area contributed by atoms with Gasteiger partial charge in [0.15, 0.2) is 0 Å². The lowest BCUT2D eigenvalue weighted by atomic mass is 9.77. The molecule has 3 atom stereocenters. The molecule has 0 bridgehead atoms. The summed E-state index contributed by atoms with van der Waals surface area (Å²) in [5, 5.41) is 0. The van der Waals surface area contributed by atoms with E-state index >= 15 is 0 Å². The van der Waals surface area contributed by atoms with Crippen LogP contribution in [-0.4, -0.2) is 29.0 Å². The topological polar surface area (TPSA) is 80.8 Å². The van der Waals surface area contributed by atoms with Crippen LogP contribution in [0, 0.1) is 23.5 Å². The molecule has 34 heavy (non-hydrogen) atoms. The fourth-order valence-electron chi connectivity index (χ4n) is 5.34. The second-order valence-corrected chi connectivity index (χ2v) is 8.50. The van der Waals surface area contributed by atoms with Crippen LogP contribution in [0.2, 0.25) is 0 Å². The summed E-state index contributed by atoms with van der Waals surface area (Å²) in [6, 6.07) is 16.4. The SMILES string of the molecule is O=C1[C@H]2[C@@H](c3ccc(F)cc3)OC3(C(=O)c4ccccc4C3=O)[C@H]2C(=O)N1c1ccccc1F. The summed E-state index contributed by atoms with van der Waals surface area (Å²) in [7, 11) is 0. The number of fused-ring (bicyclic) bond motifs is 3. The van der Waals surface area contributed by atoms with E-state index in [4.69, 9.17) is 4.74 Å². The van der Waals surface area contributed by atoms with E-state index in [1.54, 1.807) is 12.1 Å². The molecule has 8 heteroatoms. The molecule has 3 aromatic carbocycles. The van der Waals surface area contributed by atoms with Gasteiger partial charge in [-0.3, -0.25) is 19.2 Å². The van der Waals surface area contributed by atoms with Crippen LogP contribution >= 0.6 is 0 Å². The first kappa shape index (κ1) is 20.6. The number of para-hydroxylation sites is 1. The van der Waals surface area contributed by atoms with Gasteiger partial charge in [-0.15, -0.1) is 0 Å². The van der Waals surface area contributed by atoms with Crippen molar-refractivity contribution in [3.05, 3.63) is 101 Å². The predicted molar refractivity (Wildman–Crippen MR) is 114 cm³/mol. The zero-order valence-corrected chi connectivity index (χ0v) is 17.4. The number of anilines is 1. The summed E-state index contributed by atoms with van der Waals surface area (Å²) in [6.07, 6.45) is -1.19. The second-order valence-electron chi connectivity index (χ2n) is 8.50. The number of imide groups is 1. The first-order valence-corrected chi connectivity index (χ1v) is 10.6. The van der Waals surface area contributed by atoms with E-state index < -0.39 is 58.6 Å². The third-order valence-electron chi connectivity index (χ3n) is 6.81. The van der Waals surface area contributed by atoms with Gasteiger partial charge >= 0.3 is 0 Å². The van der Waals surface area contributed by atoms with Gasteiger partial charge in [-0.2, -0.15) is 0 Å². The minimum Gasteiger partial charge on any atom is -0.349 e. The van der Waals surface area contributed by atoms with Crippen molar-refractivity contribution in [3.8, 4) is 0 Å².